The third-order valence-corrected chi connectivity index (χ3v) is 4.83. The number of nitrogens with two attached hydrogens (primary N) is 1. The van der Waals surface area contributed by atoms with E-state index in [4.69, 9.17) is 5.73 Å². The first-order chi connectivity index (χ1) is 6.58. The average Bonchev–Trinajstić information content (AvgIpc) is 2.38. The summed E-state index contributed by atoms with van der Waals surface area (Å²) in [6.45, 7) is 5.76. The van der Waals surface area contributed by atoms with E-state index in [-0.39, 0.29) is 0 Å². The summed E-state index contributed by atoms with van der Waals surface area (Å²) in [5.41, 5.74) is 7.06. The van der Waals surface area contributed by atoms with Gasteiger partial charge in [-0.25, -0.2) is 0 Å². The second kappa shape index (κ2) is 3.52. The van der Waals surface area contributed by atoms with Crippen LogP contribution >= 0.6 is 0 Å². The van der Waals surface area contributed by atoms with Crippen LogP contribution in [-0.2, 0) is 0 Å². The van der Waals surface area contributed by atoms with Crippen molar-refractivity contribution in [2.24, 2.45) is 22.5 Å². The molecule has 1 unspecified atom stereocenters. The number of hydrogen-bond donors (Lipinski definition) is 1. The molecular weight excluding hydrogens is 170 g/mol. The van der Waals surface area contributed by atoms with Crippen LogP contribution < -0.4 is 5.73 Å². The maximum Gasteiger partial charge on any atom is -0.00719 e. The third kappa shape index (κ3) is 1.71. The molecule has 0 aromatic rings. The molecule has 2 saturated carbocycles. The van der Waals surface area contributed by atoms with E-state index < -0.39 is 0 Å². The molecule has 14 heavy (non-hydrogen) atoms. The van der Waals surface area contributed by atoms with Gasteiger partial charge in [0, 0.05) is 0 Å². The zero-order valence-corrected chi connectivity index (χ0v) is 9.81. The fourth-order valence-corrected chi connectivity index (χ4v) is 3.74. The van der Waals surface area contributed by atoms with Crippen molar-refractivity contribution in [3.63, 3.8) is 0 Å². The monoisotopic (exact) mass is 195 g/mol. The van der Waals surface area contributed by atoms with Crippen LogP contribution in [0.15, 0.2) is 0 Å². The lowest BCUT2D eigenvalue weighted by Gasteiger charge is -2.47. The van der Waals surface area contributed by atoms with Crippen molar-refractivity contribution < 1.29 is 0 Å². The summed E-state index contributed by atoms with van der Waals surface area (Å²) < 4.78 is 0. The van der Waals surface area contributed by atoms with Crippen LogP contribution in [0.5, 0.6) is 0 Å². The second-order valence-corrected chi connectivity index (χ2v) is 6.36. The van der Waals surface area contributed by atoms with Gasteiger partial charge in [0.05, 0.1) is 0 Å². The van der Waals surface area contributed by atoms with Crippen molar-refractivity contribution in [2.45, 2.75) is 58.8 Å². The molecule has 0 aromatic heterocycles. The first-order valence-electron chi connectivity index (χ1n) is 6.28. The Bertz CT molecular complexity index is 203. The summed E-state index contributed by atoms with van der Waals surface area (Å²) >= 11 is 0. The lowest BCUT2D eigenvalue weighted by molar-refractivity contribution is 0.0386. The number of rotatable bonds is 3. The molecular formula is C13H25N. The van der Waals surface area contributed by atoms with E-state index in [0.29, 0.717) is 10.8 Å². The SMILES string of the molecule is CC1(C)CCC(C2(CCN)CCC2)C1. The van der Waals surface area contributed by atoms with Crippen molar-refractivity contribution >= 4 is 0 Å². The lowest BCUT2D eigenvalue weighted by atomic mass is 9.58. The molecule has 0 aliphatic heterocycles. The second-order valence-electron chi connectivity index (χ2n) is 6.36. The number of hydrogen-bond acceptors (Lipinski definition) is 1. The molecule has 0 bridgehead atoms. The standard InChI is InChI=1S/C13H25N/c1-12(2)7-4-11(10-12)13(8-9-14)5-3-6-13/h11H,3-10,14H2,1-2H3. The Morgan fingerprint density at radius 3 is 2.29 bits per heavy atom. The highest BCUT2D eigenvalue weighted by Crippen LogP contribution is 2.58. The first kappa shape index (κ1) is 10.5. The van der Waals surface area contributed by atoms with Gasteiger partial charge in [-0.05, 0) is 61.8 Å². The van der Waals surface area contributed by atoms with E-state index in [1.165, 1.54) is 44.9 Å². The average molecular weight is 195 g/mol. The molecule has 1 heteroatoms. The molecule has 0 radical (unpaired) electrons. The predicted octanol–water partition coefficient (Wildman–Crippen LogP) is 3.33. The largest absolute Gasteiger partial charge is 0.330 e. The molecule has 2 aliphatic rings. The van der Waals surface area contributed by atoms with Gasteiger partial charge < -0.3 is 5.73 Å². The molecule has 2 aliphatic carbocycles. The van der Waals surface area contributed by atoms with Crippen LogP contribution in [0.2, 0.25) is 0 Å². The molecule has 0 spiro atoms. The van der Waals surface area contributed by atoms with Gasteiger partial charge in [-0.2, -0.15) is 0 Å². The van der Waals surface area contributed by atoms with Gasteiger partial charge in [0.2, 0.25) is 0 Å². The minimum absolute atomic E-state index is 0.613. The van der Waals surface area contributed by atoms with Gasteiger partial charge in [0.15, 0.2) is 0 Å². The maximum absolute atomic E-state index is 5.76. The summed E-state index contributed by atoms with van der Waals surface area (Å²) in [7, 11) is 0. The Hall–Kier alpha value is -0.0400. The van der Waals surface area contributed by atoms with Crippen LogP contribution in [-0.4, -0.2) is 6.54 Å². The molecule has 0 amide bonds. The normalized spacial score (nSPS) is 34.1. The minimum Gasteiger partial charge on any atom is -0.330 e. The summed E-state index contributed by atoms with van der Waals surface area (Å²) in [6.07, 6.45) is 10.0. The van der Waals surface area contributed by atoms with Crippen LogP contribution in [0.4, 0.5) is 0 Å². The zero-order valence-electron chi connectivity index (χ0n) is 9.81. The van der Waals surface area contributed by atoms with Crippen LogP contribution in [0.3, 0.4) is 0 Å². The van der Waals surface area contributed by atoms with Crippen molar-refractivity contribution in [3.8, 4) is 0 Å². The Morgan fingerprint density at radius 1 is 1.21 bits per heavy atom. The topological polar surface area (TPSA) is 26.0 Å². The molecule has 2 fully saturated rings. The molecule has 2 N–H and O–H groups in total. The Kier molecular flexibility index (Phi) is 2.63. The summed E-state index contributed by atoms with van der Waals surface area (Å²) in [5, 5.41) is 0. The van der Waals surface area contributed by atoms with Gasteiger partial charge in [-0.1, -0.05) is 20.3 Å². The van der Waals surface area contributed by atoms with Gasteiger partial charge >= 0.3 is 0 Å². The minimum atomic E-state index is 0.613. The fourth-order valence-electron chi connectivity index (χ4n) is 3.74. The van der Waals surface area contributed by atoms with E-state index >= 15 is 0 Å². The third-order valence-electron chi connectivity index (χ3n) is 4.83. The molecule has 0 aromatic carbocycles. The smallest absolute Gasteiger partial charge is 0.00719 e. The summed E-state index contributed by atoms with van der Waals surface area (Å²) in [6, 6.07) is 0. The quantitative estimate of drug-likeness (QED) is 0.734. The van der Waals surface area contributed by atoms with Gasteiger partial charge in [0.25, 0.3) is 0 Å². The highest BCUT2D eigenvalue weighted by atomic mass is 14.6. The van der Waals surface area contributed by atoms with E-state index in [0.717, 1.165) is 12.5 Å². The van der Waals surface area contributed by atoms with Crippen molar-refractivity contribution in [3.05, 3.63) is 0 Å². The molecule has 2 rings (SSSR count). The molecule has 1 nitrogen and oxygen atoms in total. The van der Waals surface area contributed by atoms with Crippen molar-refractivity contribution in [2.75, 3.05) is 6.54 Å². The predicted molar refractivity (Wildman–Crippen MR) is 61.1 cm³/mol. The fraction of sp³-hybridized carbons (Fsp3) is 1.00. The molecule has 1 atom stereocenters. The molecule has 0 saturated heterocycles. The Morgan fingerprint density at radius 2 is 1.93 bits per heavy atom. The lowest BCUT2D eigenvalue weighted by Crippen LogP contribution is -2.38. The van der Waals surface area contributed by atoms with Crippen molar-refractivity contribution in [1.82, 2.24) is 0 Å². The van der Waals surface area contributed by atoms with Gasteiger partial charge in [0.1, 0.15) is 0 Å². The van der Waals surface area contributed by atoms with Gasteiger partial charge in [-0.15, -0.1) is 0 Å². The summed E-state index contributed by atoms with van der Waals surface area (Å²) in [5.74, 6) is 0.995. The van der Waals surface area contributed by atoms with Gasteiger partial charge in [-0.3, -0.25) is 0 Å². The maximum atomic E-state index is 5.76. The van der Waals surface area contributed by atoms with Crippen LogP contribution in [0.1, 0.15) is 58.8 Å². The summed E-state index contributed by atoms with van der Waals surface area (Å²) in [4.78, 5) is 0. The van der Waals surface area contributed by atoms with E-state index in [9.17, 15) is 0 Å². The Balaban J connectivity index is 2.00. The zero-order chi connectivity index (χ0) is 10.2. The van der Waals surface area contributed by atoms with E-state index in [2.05, 4.69) is 13.8 Å². The van der Waals surface area contributed by atoms with Crippen LogP contribution in [0.25, 0.3) is 0 Å². The molecule has 0 heterocycles. The van der Waals surface area contributed by atoms with Crippen LogP contribution in [0, 0.1) is 16.7 Å². The molecule has 82 valence electrons. The first-order valence-corrected chi connectivity index (χ1v) is 6.28. The van der Waals surface area contributed by atoms with E-state index in [1.807, 2.05) is 0 Å². The highest BCUT2D eigenvalue weighted by Gasteiger charge is 2.47. The van der Waals surface area contributed by atoms with Crippen molar-refractivity contribution in [1.29, 1.82) is 0 Å². The Labute approximate surface area is 88.4 Å². The van der Waals surface area contributed by atoms with E-state index in [1.54, 1.807) is 0 Å². The highest BCUT2D eigenvalue weighted by molar-refractivity contribution is 4.98.